The number of ether oxygens (including phenoxy) is 1. The normalized spacial score (nSPS) is 15.6. The molecule has 1 aliphatic rings. The highest BCUT2D eigenvalue weighted by Crippen LogP contribution is 2.44. The summed E-state index contributed by atoms with van der Waals surface area (Å²) < 4.78 is 70.9. The quantitative estimate of drug-likeness (QED) is 0.276. The first-order chi connectivity index (χ1) is 14.9. The summed E-state index contributed by atoms with van der Waals surface area (Å²) in [5.41, 5.74) is -2.78. The average molecular weight is 464 g/mol. The number of hydrogen-bond donors (Lipinski definition) is 0. The van der Waals surface area contributed by atoms with Crippen LogP contribution in [0.1, 0.15) is 59.3 Å². The zero-order valence-electron chi connectivity index (χ0n) is 17.4. The molecule has 2 aromatic carbocycles. The zero-order chi connectivity index (χ0) is 23.7. The molecule has 0 bridgehead atoms. The van der Waals surface area contributed by atoms with Crippen LogP contribution in [0.15, 0.2) is 48.0 Å². The van der Waals surface area contributed by atoms with Gasteiger partial charge in [0.15, 0.2) is 0 Å². The summed E-state index contributed by atoms with van der Waals surface area (Å²) in [6.07, 6.45) is 0. The molecule has 2 aromatic rings. The number of fused-ring (bicyclic) bond motifs is 1. The maximum absolute atomic E-state index is 12.8. The molecule has 0 fully saturated rings. The number of allylic oxidation sites excluding steroid dienone is 1. The van der Waals surface area contributed by atoms with E-state index in [-0.39, 0.29) is 23.8 Å². The van der Waals surface area contributed by atoms with Crippen molar-refractivity contribution in [2.45, 2.75) is 32.2 Å². The summed E-state index contributed by atoms with van der Waals surface area (Å²) in [6, 6.07) is 11.3. The number of rotatable bonds is 4. The lowest BCUT2D eigenvalue weighted by atomic mass is 9.97. The van der Waals surface area contributed by atoms with Crippen molar-refractivity contribution in [1.82, 2.24) is 0 Å². The standard InChI is InChI=1S/C23H19F3O5S/c1-4-30-22(27)18-10-7-16(8-11-18)5-6-17-9-12-19-14(2)15(3)21(20(19)13-17)31-32(28,29)23(24,25)26/h7-14H,4H2,1-3H3. The van der Waals surface area contributed by atoms with Crippen LogP contribution in [0, 0.1) is 11.8 Å². The molecule has 168 valence electrons. The molecule has 0 heterocycles. The molecule has 0 saturated heterocycles. The fourth-order valence-corrected chi connectivity index (χ4v) is 3.70. The molecule has 1 unspecified atom stereocenters. The van der Waals surface area contributed by atoms with Gasteiger partial charge in [0.05, 0.1) is 12.2 Å². The van der Waals surface area contributed by atoms with E-state index in [9.17, 15) is 26.4 Å². The third-order valence-electron chi connectivity index (χ3n) is 5.00. The van der Waals surface area contributed by atoms with Crippen molar-refractivity contribution < 1.29 is 35.3 Å². The smallest absolute Gasteiger partial charge is 0.462 e. The highest BCUT2D eigenvalue weighted by atomic mass is 32.2. The van der Waals surface area contributed by atoms with Gasteiger partial charge >= 0.3 is 21.6 Å². The Morgan fingerprint density at radius 2 is 1.66 bits per heavy atom. The summed E-state index contributed by atoms with van der Waals surface area (Å²) in [6.45, 7) is 5.26. The van der Waals surface area contributed by atoms with Crippen LogP contribution in [0.25, 0.3) is 5.76 Å². The molecule has 0 aromatic heterocycles. The van der Waals surface area contributed by atoms with Gasteiger partial charge in [-0.25, -0.2) is 4.79 Å². The molecule has 1 atom stereocenters. The third kappa shape index (κ3) is 4.65. The lowest BCUT2D eigenvalue weighted by Gasteiger charge is -2.12. The van der Waals surface area contributed by atoms with Crippen LogP contribution in [-0.4, -0.2) is 26.5 Å². The van der Waals surface area contributed by atoms with E-state index < -0.39 is 21.6 Å². The number of hydrogen-bond acceptors (Lipinski definition) is 5. The largest absolute Gasteiger partial charge is 0.534 e. The van der Waals surface area contributed by atoms with Gasteiger partial charge < -0.3 is 8.92 Å². The molecule has 0 amide bonds. The Hall–Kier alpha value is -3.25. The SMILES string of the molecule is CCOC(=O)c1ccc(C#Cc2ccc3c(c2)C(OS(=O)(=O)C(F)(F)F)=C(C)C3C)cc1. The van der Waals surface area contributed by atoms with E-state index in [1.54, 1.807) is 50.2 Å². The van der Waals surface area contributed by atoms with Crippen LogP contribution in [-0.2, 0) is 19.0 Å². The highest BCUT2D eigenvalue weighted by molar-refractivity contribution is 7.87. The van der Waals surface area contributed by atoms with Gasteiger partial charge in [0.25, 0.3) is 0 Å². The number of carbonyl (C=O) groups excluding carboxylic acids is 1. The molecule has 32 heavy (non-hydrogen) atoms. The minimum atomic E-state index is -5.80. The number of alkyl halides is 3. The van der Waals surface area contributed by atoms with Crippen LogP contribution in [0.2, 0.25) is 0 Å². The van der Waals surface area contributed by atoms with E-state index in [2.05, 4.69) is 16.0 Å². The summed E-state index contributed by atoms with van der Waals surface area (Å²) in [7, 11) is -5.80. The van der Waals surface area contributed by atoms with Gasteiger partial charge in [-0.1, -0.05) is 24.8 Å². The first-order valence-electron chi connectivity index (χ1n) is 9.59. The summed E-state index contributed by atoms with van der Waals surface area (Å²) >= 11 is 0. The Morgan fingerprint density at radius 1 is 1.06 bits per heavy atom. The van der Waals surface area contributed by atoms with Crippen LogP contribution >= 0.6 is 0 Å². The highest BCUT2D eigenvalue weighted by Gasteiger charge is 2.49. The Bertz CT molecular complexity index is 1250. The molecule has 5 nitrogen and oxygen atoms in total. The molecule has 0 saturated carbocycles. The van der Waals surface area contributed by atoms with Crippen molar-refractivity contribution in [3.8, 4) is 11.8 Å². The first-order valence-corrected chi connectivity index (χ1v) is 11.0. The predicted octanol–water partition coefficient (Wildman–Crippen LogP) is 4.98. The average Bonchev–Trinajstić information content (AvgIpc) is 2.96. The number of halogens is 3. The Morgan fingerprint density at radius 3 is 2.25 bits per heavy atom. The summed E-state index contributed by atoms with van der Waals surface area (Å²) in [5.74, 6) is 4.72. The van der Waals surface area contributed by atoms with Crippen LogP contribution in [0.4, 0.5) is 13.2 Å². The van der Waals surface area contributed by atoms with Gasteiger partial charge in [-0.2, -0.15) is 21.6 Å². The van der Waals surface area contributed by atoms with Gasteiger partial charge in [-0.15, -0.1) is 0 Å². The molecule has 0 radical (unpaired) electrons. The molecule has 0 N–H and O–H groups in total. The molecule has 0 aliphatic heterocycles. The van der Waals surface area contributed by atoms with Gasteiger partial charge in [0.2, 0.25) is 0 Å². The van der Waals surface area contributed by atoms with Crippen molar-refractivity contribution in [3.05, 3.63) is 75.9 Å². The fraction of sp³-hybridized carbons (Fsp3) is 0.261. The van der Waals surface area contributed by atoms with Crippen LogP contribution in [0.3, 0.4) is 0 Å². The monoisotopic (exact) mass is 464 g/mol. The fourth-order valence-electron chi connectivity index (χ4n) is 3.17. The van der Waals surface area contributed by atoms with E-state index in [4.69, 9.17) is 4.74 Å². The zero-order valence-corrected chi connectivity index (χ0v) is 18.2. The van der Waals surface area contributed by atoms with Gasteiger partial charge in [0, 0.05) is 22.6 Å². The van der Waals surface area contributed by atoms with Crippen LogP contribution in [0.5, 0.6) is 0 Å². The van der Waals surface area contributed by atoms with E-state index in [1.807, 2.05) is 0 Å². The van der Waals surface area contributed by atoms with Crippen molar-refractivity contribution in [3.63, 3.8) is 0 Å². The molecule has 3 rings (SSSR count). The third-order valence-corrected chi connectivity index (χ3v) is 5.95. The lowest BCUT2D eigenvalue weighted by molar-refractivity contribution is -0.0509. The minimum Gasteiger partial charge on any atom is -0.462 e. The summed E-state index contributed by atoms with van der Waals surface area (Å²) in [4.78, 5) is 11.7. The predicted molar refractivity (Wildman–Crippen MR) is 112 cm³/mol. The number of esters is 1. The lowest BCUT2D eigenvalue weighted by Crippen LogP contribution is -2.25. The minimum absolute atomic E-state index is 0.257. The van der Waals surface area contributed by atoms with Gasteiger partial charge in [0.1, 0.15) is 5.76 Å². The van der Waals surface area contributed by atoms with Crippen molar-refractivity contribution in [2.24, 2.45) is 0 Å². The van der Waals surface area contributed by atoms with Crippen molar-refractivity contribution in [2.75, 3.05) is 6.61 Å². The maximum atomic E-state index is 12.8. The maximum Gasteiger partial charge on any atom is 0.534 e. The Kier molecular flexibility index (Phi) is 6.37. The van der Waals surface area contributed by atoms with E-state index >= 15 is 0 Å². The second-order valence-corrected chi connectivity index (χ2v) is 8.60. The van der Waals surface area contributed by atoms with E-state index in [0.717, 1.165) is 0 Å². The second-order valence-electron chi connectivity index (χ2n) is 7.07. The van der Waals surface area contributed by atoms with Gasteiger partial charge in [-0.05, 0) is 61.4 Å². The Balaban J connectivity index is 1.90. The second kappa shape index (κ2) is 8.71. The molecule has 9 heteroatoms. The Labute approximate surface area is 184 Å². The number of benzene rings is 2. The molecule has 1 aliphatic carbocycles. The topological polar surface area (TPSA) is 69.7 Å². The van der Waals surface area contributed by atoms with Gasteiger partial charge in [-0.3, -0.25) is 0 Å². The van der Waals surface area contributed by atoms with Crippen LogP contribution < -0.4 is 0 Å². The van der Waals surface area contributed by atoms with Crippen molar-refractivity contribution in [1.29, 1.82) is 0 Å². The molecular formula is C23H19F3O5S. The number of carbonyl (C=O) groups is 1. The first kappa shape index (κ1) is 23.4. The van der Waals surface area contributed by atoms with Crippen molar-refractivity contribution >= 4 is 21.8 Å². The molecule has 0 spiro atoms. The van der Waals surface area contributed by atoms with E-state index in [0.29, 0.717) is 27.8 Å². The summed E-state index contributed by atoms with van der Waals surface area (Å²) in [5, 5.41) is 0. The van der Waals surface area contributed by atoms with E-state index in [1.165, 1.54) is 13.0 Å². The molecular weight excluding hydrogens is 445 g/mol.